The van der Waals surface area contributed by atoms with Gasteiger partial charge >= 0.3 is 6.01 Å². The van der Waals surface area contributed by atoms with Gasteiger partial charge in [0.1, 0.15) is 0 Å². The highest BCUT2D eigenvalue weighted by molar-refractivity contribution is 7.99. The summed E-state index contributed by atoms with van der Waals surface area (Å²) < 4.78 is 6.77. The summed E-state index contributed by atoms with van der Waals surface area (Å²) in [6.07, 6.45) is 1.86. The van der Waals surface area contributed by atoms with E-state index in [9.17, 15) is 0 Å². The predicted molar refractivity (Wildman–Crippen MR) is 67.9 cm³/mol. The molecule has 3 aromatic rings. The van der Waals surface area contributed by atoms with Crippen LogP contribution < -0.4 is 10.5 Å². The lowest BCUT2D eigenvalue weighted by Crippen LogP contribution is -2.02. The molecule has 0 fully saturated rings. The summed E-state index contributed by atoms with van der Waals surface area (Å²) >= 11 is 1.23. The second-order valence-electron chi connectivity index (χ2n) is 3.48. The summed E-state index contributed by atoms with van der Waals surface area (Å²) in [4.78, 5) is 11.9. The first-order chi connectivity index (χ1) is 9.26. The van der Waals surface area contributed by atoms with Crippen LogP contribution in [0.25, 0.3) is 5.65 Å². The van der Waals surface area contributed by atoms with Crippen molar-refractivity contribution in [3.63, 3.8) is 0 Å². The Morgan fingerprint density at radius 3 is 2.95 bits per heavy atom. The number of nitrogen functional groups attached to an aromatic ring is 1. The van der Waals surface area contributed by atoms with Gasteiger partial charge < -0.3 is 10.5 Å². The zero-order valence-electron chi connectivity index (χ0n) is 9.89. The molecule has 3 heterocycles. The van der Waals surface area contributed by atoms with Crippen LogP contribution in [0.5, 0.6) is 6.01 Å². The number of aromatic nitrogens is 6. The van der Waals surface area contributed by atoms with E-state index in [0.717, 1.165) is 5.65 Å². The Labute approximate surface area is 112 Å². The van der Waals surface area contributed by atoms with Crippen LogP contribution in [0.15, 0.2) is 34.7 Å². The Hall–Kier alpha value is -2.42. The number of hydrogen-bond acceptors (Lipinski definition) is 8. The van der Waals surface area contributed by atoms with E-state index < -0.39 is 0 Å². The van der Waals surface area contributed by atoms with E-state index in [0.29, 0.717) is 10.3 Å². The van der Waals surface area contributed by atoms with Gasteiger partial charge in [0.25, 0.3) is 0 Å². The number of methoxy groups -OCH3 is 1. The minimum Gasteiger partial charge on any atom is -0.467 e. The molecule has 19 heavy (non-hydrogen) atoms. The topological polar surface area (TPSA) is 104 Å². The summed E-state index contributed by atoms with van der Waals surface area (Å²) in [5.74, 6) is 0.100. The van der Waals surface area contributed by atoms with Crippen molar-refractivity contribution >= 4 is 23.4 Å². The predicted octanol–water partition coefficient (Wildman–Crippen LogP) is 0.656. The maximum atomic E-state index is 5.58. The smallest absolute Gasteiger partial charge is 0.321 e. The Balaban J connectivity index is 1.99. The molecule has 0 saturated heterocycles. The van der Waals surface area contributed by atoms with Crippen LogP contribution in [-0.4, -0.2) is 36.7 Å². The SMILES string of the molecule is COc1nc(N)nc(Sc2nnc3ccccn23)n1. The monoisotopic (exact) mass is 275 g/mol. The van der Waals surface area contributed by atoms with Gasteiger partial charge in [0.05, 0.1) is 7.11 Å². The average molecular weight is 275 g/mol. The van der Waals surface area contributed by atoms with Crippen LogP contribution in [0.3, 0.4) is 0 Å². The Kier molecular flexibility index (Phi) is 2.88. The molecule has 3 aromatic heterocycles. The highest BCUT2D eigenvalue weighted by Crippen LogP contribution is 2.24. The van der Waals surface area contributed by atoms with Crippen LogP contribution >= 0.6 is 11.8 Å². The van der Waals surface area contributed by atoms with E-state index in [-0.39, 0.29) is 12.0 Å². The van der Waals surface area contributed by atoms with Crippen LogP contribution in [0.2, 0.25) is 0 Å². The van der Waals surface area contributed by atoms with Gasteiger partial charge in [0.2, 0.25) is 16.3 Å². The molecule has 0 unspecified atom stereocenters. The highest BCUT2D eigenvalue weighted by Gasteiger charge is 2.11. The maximum absolute atomic E-state index is 5.58. The lowest BCUT2D eigenvalue weighted by atomic mass is 10.5. The second kappa shape index (κ2) is 4.69. The Morgan fingerprint density at radius 2 is 2.11 bits per heavy atom. The van der Waals surface area contributed by atoms with Crippen molar-refractivity contribution in [1.29, 1.82) is 0 Å². The third kappa shape index (κ3) is 2.27. The van der Waals surface area contributed by atoms with E-state index in [1.54, 1.807) is 0 Å². The minimum absolute atomic E-state index is 0.100. The van der Waals surface area contributed by atoms with Gasteiger partial charge in [-0.25, -0.2) is 0 Å². The van der Waals surface area contributed by atoms with E-state index >= 15 is 0 Å². The first kappa shape index (κ1) is 11.7. The number of hydrogen-bond donors (Lipinski definition) is 1. The van der Waals surface area contributed by atoms with Crippen LogP contribution in [0, 0.1) is 0 Å². The average Bonchev–Trinajstić information content (AvgIpc) is 2.82. The number of ether oxygens (including phenoxy) is 1. The fraction of sp³-hybridized carbons (Fsp3) is 0.100. The first-order valence-electron chi connectivity index (χ1n) is 5.29. The van der Waals surface area contributed by atoms with E-state index in [1.165, 1.54) is 18.9 Å². The van der Waals surface area contributed by atoms with Crippen molar-refractivity contribution in [2.24, 2.45) is 0 Å². The number of rotatable bonds is 3. The number of nitrogens with zero attached hydrogens (tertiary/aromatic N) is 6. The van der Waals surface area contributed by atoms with Crippen LogP contribution in [0.4, 0.5) is 5.95 Å². The summed E-state index contributed by atoms with van der Waals surface area (Å²) in [7, 11) is 1.47. The van der Waals surface area contributed by atoms with Crippen LogP contribution in [0.1, 0.15) is 0 Å². The second-order valence-corrected chi connectivity index (χ2v) is 4.41. The molecule has 0 spiro atoms. The molecule has 2 N–H and O–H groups in total. The molecule has 0 bridgehead atoms. The third-order valence-electron chi connectivity index (χ3n) is 2.26. The van der Waals surface area contributed by atoms with Gasteiger partial charge in [0, 0.05) is 6.20 Å². The Morgan fingerprint density at radius 1 is 1.21 bits per heavy atom. The summed E-state index contributed by atoms with van der Waals surface area (Å²) in [5.41, 5.74) is 6.33. The first-order valence-corrected chi connectivity index (χ1v) is 6.11. The number of pyridine rings is 1. The number of anilines is 1. The normalized spacial score (nSPS) is 10.8. The molecule has 0 atom stereocenters. The summed E-state index contributed by atoms with van der Waals surface area (Å²) in [5, 5.41) is 9.15. The molecule has 0 saturated carbocycles. The fourth-order valence-electron chi connectivity index (χ4n) is 1.46. The molecule has 0 radical (unpaired) electrons. The number of fused-ring (bicyclic) bond motifs is 1. The molecule has 0 aliphatic rings. The molecular weight excluding hydrogens is 266 g/mol. The van der Waals surface area contributed by atoms with Gasteiger partial charge in [-0.15, -0.1) is 10.2 Å². The summed E-state index contributed by atoms with van der Waals surface area (Å²) in [6, 6.07) is 5.81. The van der Waals surface area contributed by atoms with Crippen molar-refractivity contribution in [3.05, 3.63) is 24.4 Å². The highest BCUT2D eigenvalue weighted by atomic mass is 32.2. The zero-order valence-corrected chi connectivity index (χ0v) is 10.7. The summed E-state index contributed by atoms with van der Waals surface area (Å²) in [6.45, 7) is 0. The number of nitrogens with two attached hydrogens (primary N) is 1. The van der Waals surface area contributed by atoms with E-state index in [1.807, 2.05) is 28.8 Å². The van der Waals surface area contributed by atoms with Crippen molar-refractivity contribution in [2.45, 2.75) is 10.3 Å². The van der Waals surface area contributed by atoms with Crippen molar-refractivity contribution in [3.8, 4) is 6.01 Å². The van der Waals surface area contributed by atoms with Gasteiger partial charge in [-0.05, 0) is 23.9 Å². The molecule has 3 rings (SSSR count). The van der Waals surface area contributed by atoms with Crippen molar-refractivity contribution in [1.82, 2.24) is 29.5 Å². The largest absolute Gasteiger partial charge is 0.467 e. The van der Waals surface area contributed by atoms with E-state index in [2.05, 4.69) is 25.1 Å². The van der Waals surface area contributed by atoms with Gasteiger partial charge in [0.15, 0.2) is 5.65 Å². The Bertz CT molecular complexity index is 729. The van der Waals surface area contributed by atoms with Crippen LogP contribution in [-0.2, 0) is 0 Å². The standard InChI is InChI=1S/C10H9N7OS/c1-18-8-12-7(11)13-9(14-8)19-10-16-15-6-4-2-3-5-17(6)10/h2-5H,1H3,(H2,11,12,13,14). The molecule has 8 nitrogen and oxygen atoms in total. The van der Waals surface area contributed by atoms with Crippen molar-refractivity contribution in [2.75, 3.05) is 12.8 Å². The molecule has 0 aliphatic carbocycles. The third-order valence-corrected chi connectivity index (χ3v) is 3.09. The molecule has 0 aromatic carbocycles. The minimum atomic E-state index is 0.100. The molecular formula is C10H9N7OS. The van der Waals surface area contributed by atoms with Gasteiger partial charge in [-0.2, -0.15) is 15.0 Å². The lowest BCUT2D eigenvalue weighted by molar-refractivity contribution is 0.374. The van der Waals surface area contributed by atoms with Gasteiger partial charge in [-0.1, -0.05) is 6.07 Å². The van der Waals surface area contributed by atoms with Crippen molar-refractivity contribution < 1.29 is 4.74 Å². The van der Waals surface area contributed by atoms with Gasteiger partial charge in [-0.3, -0.25) is 4.40 Å². The molecule has 0 amide bonds. The molecule has 9 heteroatoms. The lowest BCUT2D eigenvalue weighted by Gasteiger charge is -2.02. The zero-order chi connectivity index (χ0) is 13.2. The maximum Gasteiger partial charge on any atom is 0.321 e. The van der Waals surface area contributed by atoms with E-state index in [4.69, 9.17) is 10.5 Å². The molecule has 96 valence electrons. The molecule has 0 aliphatic heterocycles. The quantitative estimate of drug-likeness (QED) is 0.743. The fourth-order valence-corrected chi connectivity index (χ4v) is 2.22.